The minimum absolute atomic E-state index is 0.194. The molecule has 1 aliphatic rings. The summed E-state index contributed by atoms with van der Waals surface area (Å²) in [6.45, 7) is 7.96. The fourth-order valence-electron chi connectivity index (χ4n) is 3.77. The zero-order chi connectivity index (χ0) is 17.4. The Hall–Kier alpha value is -2.33. The lowest BCUT2D eigenvalue weighted by molar-refractivity contribution is -0.132. The molecule has 1 aromatic heterocycles. The van der Waals surface area contributed by atoms with Gasteiger partial charge in [0.25, 0.3) is 0 Å². The fraction of sp³-hybridized carbons (Fsp3) is 0.381. The molecular weight excluding hydrogens is 312 g/mol. The number of amides is 1. The number of carbonyl (C=O) groups excluding carboxylic acids is 1. The Balaban J connectivity index is 1.57. The summed E-state index contributed by atoms with van der Waals surface area (Å²) in [5.74, 6) is 0.194. The summed E-state index contributed by atoms with van der Waals surface area (Å²) >= 11 is 0. The molecule has 130 valence electrons. The minimum atomic E-state index is 0.194. The second-order valence-corrected chi connectivity index (χ2v) is 7.11. The van der Waals surface area contributed by atoms with Crippen molar-refractivity contribution in [3.8, 4) is 0 Å². The van der Waals surface area contributed by atoms with Crippen LogP contribution in [0.15, 0.2) is 47.1 Å². The molecule has 1 amide bonds. The Morgan fingerprint density at radius 2 is 1.84 bits per heavy atom. The molecule has 0 bridgehead atoms. The number of fused-ring (bicyclic) bond motifs is 3. The van der Waals surface area contributed by atoms with E-state index in [0.717, 1.165) is 48.1 Å². The van der Waals surface area contributed by atoms with Crippen LogP contribution < -0.4 is 0 Å². The van der Waals surface area contributed by atoms with Gasteiger partial charge in [-0.25, -0.2) is 0 Å². The highest BCUT2D eigenvalue weighted by Crippen LogP contribution is 2.30. The van der Waals surface area contributed by atoms with E-state index < -0.39 is 0 Å². The van der Waals surface area contributed by atoms with Crippen molar-refractivity contribution in [2.75, 3.05) is 26.2 Å². The Labute approximate surface area is 148 Å². The van der Waals surface area contributed by atoms with Crippen LogP contribution in [-0.4, -0.2) is 47.9 Å². The molecule has 4 rings (SSSR count). The highest BCUT2D eigenvalue weighted by molar-refractivity contribution is 6.08. The number of benzene rings is 2. The van der Waals surface area contributed by atoms with Crippen LogP contribution in [-0.2, 0) is 11.2 Å². The summed E-state index contributed by atoms with van der Waals surface area (Å²) in [6.07, 6.45) is 2.15. The van der Waals surface area contributed by atoms with Gasteiger partial charge in [0, 0.05) is 43.2 Å². The summed E-state index contributed by atoms with van der Waals surface area (Å²) in [6, 6.07) is 12.9. The van der Waals surface area contributed by atoms with Crippen LogP contribution in [0.5, 0.6) is 0 Å². The Morgan fingerprint density at radius 3 is 2.60 bits per heavy atom. The van der Waals surface area contributed by atoms with Crippen molar-refractivity contribution in [2.45, 2.75) is 26.3 Å². The van der Waals surface area contributed by atoms with Gasteiger partial charge < -0.3 is 9.32 Å². The van der Waals surface area contributed by atoms with Gasteiger partial charge >= 0.3 is 0 Å². The number of hydrogen-bond acceptors (Lipinski definition) is 3. The molecule has 2 heterocycles. The summed E-state index contributed by atoms with van der Waals surface area (Å²) < 4.78 is 5.71. The zero-order valence-electron chi connectivity index (χ0n) is 14.9. The average Bonchev–Trinajstić information content (AvgIpc) is 3.05. The van der Waals surface area contributed by atoms with Crippen LogP contribution in [0.2, 0.25) is 0 Å². The van der Waals surface area contributed by atoms with Gasteiger partial charge in [0.15, 0.2) is 0 Å². The first-order chi connectivity index (χ1) is 12.1. The normalized spacial score (nSPS) is 16.2. The third-order valence-corrected chi connectivity index (χ3v) is 5.28. The van der Waals surface area contributed by atoms with Gasteiger partial charge in [-0.1, -0.05) is 30.3 Å². The molecule has 3 aromatic rings. The maximum atomic E-state index is 12.8. The van der Waals surface area contributed by atoms with Crippen LogP contribution in [0, 0.1) is 0 Å². The van der Waals surface area contributed by atoms with E-state index in [9.17, 15) is 4.79 Å². The fourth-order valence-corrected chi connectivity index (χ4v) is 3.77. The summed E-state index contributed by atoms with van der Waals surface area (Å²) in [5, 5.41) is 3.41. The number of hydrogen-bond donors (Lipinski definition) is 0. The molecule has 4 heteroatoms. The molecule has 1 fully saturated rings. The molecule has 0 saturated carbocycles. The SMILES string of the molecule is CC(C)N1CCN(C(=O)Cc2coc3ccc4ccccc4c23)CC1. The summed E-state index contributed by atoms with van der Waals surface area (Å²) in [4.78, 5) is 17.2. The van der Waals surface area contributed by atoms with Gasteiger partial charge in [0.2, 0.25) is 5.91 Å². The van der Waals surface area contributed by atoms with Gasteiger partial charge in [0.1, 0.15) is 5.58 Å². The maximum absolute atomic E-state index is 12.8. The topological polar surface area (TPSA) is 36.7 Å². The van der Waals surface area contributed by atoms with Crippen LogP contribution in [0.4, 0.5) is 0 Å². The van der Waals surface area contributed by atoms with Gasteiger partial charge in [-0.2, -0.15) is 0 Å². The van der Waals surface area contributed by atoms with E-state index in [1.807, 2.05) is 23.1 Å². The smallest absolute Gasteiger partial charge is 0.227 e. The minimum Gasteiger partial charge on any atom is -0.464 e. The Bertz CT molecular complexity index is 905. The van der Waals surface area contributed by atoms with Crippen molar-refractivity contribution < 1.29 is 9.21 Å². The molecule has 0 atom stereocenters. The molecule has 0 radical (unpaired) electrons. The molecule has 1 saturated heterocycles. The largest absolute Gasteiger partial charge is 0.464 e. The predicted molar refractivity (Wildman–Crippen MR) is 101 cm³/mol. The van der Waals surface area contributed by atoms with Gasteiger partial charge in [-0.15, -0.1) is 0 Å². The monoisotopic (exact) mass is 336 g/mol. The third-order valence-electron chi connectivity index (χ3n) is 5.28. The van der Waals surface area contributed by atoms with Crippen LogP contribution >= 0.6 is 0 Å². The molecule has 0 aliphatic carbocycles. The highest BCUT2D eigenvalue weighted by atomic mass is 16.3. The quantitative estimate of drug-likeness (QED) is 0.732. The van der Waals surface area contributed by atoms with Crippen LogP contribution in [0.25, 0.3) is 21.7 Å². The van der Waals surface area contributed by atoms with Crippen LogP contribution in [0.3, 0.4) is 0 Å². The standard InChI is InChI=1S/C21H24N2O2/c1-15(2)22-9-11-23(12-10-22)20(24)13-17-14-25-19-8-7-16-5-3-4-6-18(16)21(17)19/h3-8,14-15H,9-13H2,1-2H3. The lowest BCUT2D eigenvalue weighted by atomic mass is 10.0. The van der Waals surface area contributed by atoms with E-state index in [4.69, 9.17) is 4.42 Å². The van der Waals surface area contributed by atoms with E-state index in [2.05, 4.69) is 36.9 Å². The lowest BCUT2D eigenvalue weighted by Gasteiger charge is -2.37. The van der Waals surface area contributed by atoms with Crippen molar-refractivity contribution in [1.29, 1.82) is 0 Å². The summed E-state index contributed by atoms with van der Waals surface area (Å²) in [7, 11) is 0. The van der Waals surface area contributed by atoms with Crippen molar-refractivity contribution in [1.82, 2.24) is 9.80 Å². The number of furan rings is 1. The van der Waals surface area contributed by atoms with E-state index in [1.165, 1.54) is 5.39 Å². The average molecular weight is 336 g/mol. The molecule has 0 N–H and O–H groups in total. The summed E-state index contributed by atoms with van der Waals surface area (Å²) in [5.41, 5.74) is 1.84. The van der Waals surface area contributed by atoms with Gasteiger partial charge in [-0.05, 0) is 30.7 Å². The second-order valence-electron chi connectivity index (χ2n) is 7.11. The molecule has 0 spiro atoms. The third kappa shape index (κ3) is 3.02. The van der Waals surface area contributed by atoms with Gasteiger partial charge in [-0.3, -0.25) is 9.69 Å². The molecule has 1 aliphatic heterocycles. The lowest BCUT2D eigenvalue weighted by Crippen LogP contribution is -2.51. The number of carbonyl (C=O) groups is 1. The van der Waals surface area contributed by atoms with Crippen LogP contribution in [0.1, 0.15) is 19.4 Å². The van der Waals surface area contributed by atoms with E-state index in [-0.39, 0.29) is 5.91 Å². The van der Waals surface area contributed by atoms with Crippen molar-refractivity contribution in [3.63, 3.8) is 0 Å². The molecule has 25 heavy (non-hydrogen) atoms. The molecule has 2 aromatic carbocycles. The molecule has 4 nitrogen and oxygen atoms in total. The predicted octanol–water partition coefficient (Wildman–Crippen LogP) is 3.68. The maximum Gasteiger partial charge on any atom is 0.227 e. The Morgan fingerprint density at radius 1 is 1.08 bits per heavy atom. The van der Waals surface area contributed by atoms with E-state index in [0.29, 0.717) is 12.5 Å². The first-order valence-corrected chi connectivity index (χ1v) is 9.03. The number of nitrogens with zero attached hydrogens (tertiary/aromatic N) is 2. The van der Waals surface area contributed by atoms with E-state index in [1.54, 1.807) is 6.26 Å². The van der Waals surface area contributed by atoms with Crippen molar-refractivity contribution in [3.05, 3.63) is 48.2 Å². The molecule has 0 unspecified atom stereocenters. The number of rotatable bonds is 3. The zero-order valence-corrected chi connectivity index (χ0v) is 14.9. The first-order valence-electron chi connectivity index (χ1n) is 9.03. The van der Waals surface area contributed by atoms with Crippen molar-refractivity contribution >= 4 is 27.6 Å². The van der Waals surface area contributed by atoms with Crippen molar-refractivity contribution in [2.24, 2.45) is 0 Å². The Kier molecular flexibility index (Phi) is 4.22. The van der Waals surface area contributed by atoms with Gasteiger partial charge in [0.05, 0.1) is 12.7 Å². The second kappa shape index (κ2) is 6.52. The number of piperazine rings is 1. The molecular formula is C21H24N2O2. The van der Waals surface area contributed by atoms with E-state index >= 15 is 0 Å². The highest BCUT2D eigenvalue weighted by Gasteiger charge is 2.23. The first kappa shape index (κ1) is 16.2.